The Morgan fingerprint density at radius 1 is 1.00 bits per heavy atom. The fourth-order valence-electron chi connectivity index (χ4n) is 3.71. The summed E-state index contributed by atoms with van der Waals surface area (Å²) >= 11 is 0. The molecule has 2 aliphatic rings. The molecule has 0 spiro atoms. The van der Waals surface area contributed by atoms with Crippen molar-refractivity contribution in [3.8, 4) is 6.07 Å². The molecule has 0 atom stereocenters. The van der Waals surface area contributed by atoms with Crippen molar-refractivity contribution in [2.45, 2.75) is 6.42 Å². The zero-order chi connectivity index (χ0) is 20.4. The highest BCUT2D eigenvalue weighted by molar-refractivity contribution is 6.21. The molecule has 0 aliphatic carbocycles. The summed E-state index contributed by atoms with van der Waals surface area (Å²) in [6, 6.07) is 12.3. The highest BCUT2D eigenvalue weighted by Gasteiger charge is 2.35. The summed E-state index contributed by atoms with van der Waals surface area (Å²) in [5.41, 5.74) is 1.29. The Labute approximate surface area is 168 Å². The summed E-state index contributed by atoms with van der Waals surface area (Å²) in [5.74, 6) is -0.152. The van der Waals surface area contributed by atoms with Crippen LogP contribution < -0.4 is 4.90 Å². The van der Waals surface area contributed by atoms with Crippen LogP contribution in [0.3, 0.4) is 0 Å². The second-order valence-electron chi connectivity index (χ2n) is 6.91. The van der Waals surface area contributed by atoms with Gasteiger partial charge in [0.1, 0.15) is 11.9 Å². The number of aromatic nitrogens is 1. The smallest absolute Gasteiger partial charge is 0.261 e. The third-order valence-corrected chi connectivity index (χ3v) is 5.27. The monoisotopic (exact) mass is 389 g/mol. The van der Waals surface area contributed by atoms with Crippen molar-refractivity contribution >= 4 is 23.5 Å². The number of fused-ring (bicyclic) bond motifs is 1. The Balaban J connectivity index is 1.33. The molecule has 3 heterocycles. The minimum atomic E-state index is -0.345. The zero-order valence-corrected chi connectivity index (χ0v) is 15.7. The van der Waals surface area contributed by atoms with Crippen LogP contribution in [-0.2, 0) is 4.79 Å². The van der Waals surface area contributed by atoms with Gasteiger partial charge in [0.15, 0.2) is 0 Å². The first kappa shape index (κ1) is 18.6. The number of pyridine rings is 1. The van der Waals surface area contributed by atoms with E-state index in [9.17, 15) is 19.6 Å². The Hall–Kier alpha value is -3.73. The van der Waals surface area contributed by atoms with Crippen LogP contribution in [0.15, 0.2) is 42.6 Å². The Morgan fingerprint density at radius 2 is 1.66 bits per heavy atom. The van der Waals surface area contributed by atoms with Gasteiger partial charge in [-0.2, -0.15) is 5.26 Å². The molecular weight excluding hydrogens is 370 g/mol. The third-order valence-electron chi connectivity index (χ3n) is 5.27. The Morgan fingerprint density at radius 3 is 2.28 bits per heavy atom. The average molecular weight is 389 g/mol. The number of anilines is 1. The van der Waals surface area contributed by atoms with Crippen LogP contribution in [0.25, 0.3) is 0 Å². The maximum Gasteiger partial charge on any atom is 0.261 e. The lowest BCUT2D eigenvalue weighted by molar-refractivity contribution is -0.131. The van der Waals surface area contributed by atoms with Gasteiger partial charge in [-0.25, -0.2) is 4.98 Å². The first-order valence-corrected chi connectivity index (χ1v) is 9.43. The summed E-state index contributed by atoms with van der Waals surface area (Å²) in [6.45, 7) is 2.23. The van der Waals surface area contributed by atoms with Crippen LogP contribution in [0.5, 0.6) is 0 Å². The molecule has 29 heavy (non-hydrogen) atoms. The molecule has 0 bridgehead atoms. The number of piperazine rings is 1. The largest absolute Gasteiger partial charge is 0.352 e. The lowest BCUT2D eigenvalue weighted by Crippen LogP contribution is -2.49. The van der Waals surface area contributed by atoms with Crippen molar-refractivity contribution in [3.05, 3.63) is 59.3 Å². The van der Waals surface area contributed by atoms with Crippen molar-refractivity contribution in [1.82, 2.24) is 14.8 Å². The van der Waals surface area contributed by atoms with Crippen LogP contribution >= 0.6 is 0 Å². The number of hydrogen-bond acceptors (Lipinski definition) is 6. The molecule has 1 saturated heterocycles. The molecule has 1 fully saturated rings. The van der Waals surface area contributed by atoms with E-state index in [1.165, 1.54) is 0 Å². The standard InChI is InChI=1S/C21H19N5O3/c22-14-15-4-3-8-23-19(15)25-12-10-24(11-13-25)18(27)7-9-26-20(28)16-5-1-2-6-17(16)21(26)29/h1-6,8H,7,9-13H2. The van der Waals surface area contributed by atoms with E-state index in [1.54, 1.807) is 47.5 Å². The fourth-order valence-corrected chi connectivity index (χ4v) is 3.71. The van der Waals surface area contributed by atoms with Gasteiger partial charge in [-0.3, -0.25) is 19.3 Å². The van der Waals surface area contributed by atoms with Gasteiger partial charge in [0.2, 0.25) is 5.91 Å². The Bertz CT molecular complexity index is 986. The summed E-state index contributed by atoms with van der Waals surface area (Å²) < 4.78 is 0. The number of carbonyl (C=O) groups excluding carboxylic acids is 3. The van der Waals surface area contributed by atoms with Crippen molar-refractivity contribution < 1.29 is 14.4 Å². The lowest BCUT2D eigenvalue weighted by Gasteiger charge is -2.35. The van der Waals surface area contributed by atoms with Gasteiger partial charge in [0.25, 0.3) is 11.8 Å². The quantitative estimate of drug-likeness (QED) is 0.731. The van der Waals surface area contributed by atoms with Crippen LogP contribution in [0.1, 0.15) is 32.7 Å². The van der Waals surface area contributed by atoms with Crippen LogP contribution in [0.2, 0.25) is 0 Å². The van der Waals surface area contributed by atoms with Crippen molar-refractivity contribution in [2.75, 3.05) is 37.6 Å². The van der Waals surface area contributed by atoms with Crippen molar-refractivity contribution in [3.63, 3.8) is 0 Å². The highest BCUT2D eigenvalue weighted by atomic mass is 16.2. The molecule has 0 unspecified atom stereocenters. The van der Waals surface area contributed by atoms with Gasteiger partial charge < -0.3 is 9.80 Å². The fraction of sp³-hybridized carbons (Fsp3) is 0.286. The second kappa shape index (κ2) is 7.72. The molecule has 0 N–H and O–H groups in total. The molecule has 2 aromatic rings. The second-order valence-corrected chi connectivity index (χ2v) is 6.91. The molecule has 4 rings (SSSR count). The van der Waals surface area contributed by atoms with E-state index in [0.717, 1.165) is 4.90 Å². The van der Waals surface area contributed by atoms with Crippen LogP contribution in [-0.4, -0.2) is 65.2 Å². The number of hydrogen-bond donors (Lipinski definition) is 0. The molecule has 0 saturated carbocycles. The van der Waals surface area contributed by atoms with Gasteiger partial charge in [-0.1, -0.05) is 12.1 Å². The summed E-state index contributed by atoms with van der Waals surface area (Å²) in [4.78, 5) is 46.5. The SMILES string of the molecule is N#Cc1cccnc1N1CCN(C(=O)CCN2C(=O)c3ccccc3C2=O)CC1. The highest BCUT2D eigenvalue weighted by Crippen LogP contribution is 2.23. The molecule has 1 aromatic carbocycles. The van der Waals surface area contributed by atoms with E-state index in [2.05, 4.69) is 11.1 Å². The van der Waals surface area contributed by atoms with Gasteiger partial charge >= 0.3 is 0 Å². The first-order valence-electron chi connectivity index (χ1n) is 9.43. The summed E-state index contributed by atoms with van der Waals surface area (Å²) in [5, 5.41) is 9.23. The molecule has 2 aliphatic heterocycles. The van der Waals surface area contributed by atoms with E-state index >= 15 is 0 Å². The minimum absolute atomic E-state index is 0.0736. The topological polar surface area (TPSA) is 97.6 Å². The average Bonchev–Trinajstić information content (AvgIpc) is 3.02. The van der Waals surface area contributed by atoms with E-state index < -0.39 is 0 Å². The molecule has 3 amide bonds. The summed E-state index contributed by atoms with van der Waals surface area (Å²) in [7, 11) is 0. The van der Waals surface area contributed by atoms with Crippen molar-refractivity contribution in [2.24, 2.45) is 0 Å². The molecule has 1 aromatic heterocycles. The number of nitriles is 1. The molecular formula is C21H19N5O3. The van der Waals surface area contributed by atoms with Crippen LogP contribution in [0.4, 0.5) is 5.82 Å². The zero-order valence-electron chi connectivity index (χ0n) is 15.7. The van der Waals surface area contributed by atoms with E-state index in [0.29, 0.717) is 48.7 Å². The first-order chi connectivity index (χ1) is 14.1. The number of rotatable bonds is 4. The van der Waals surface area contributed by atoms with Gasteiger partial charge in [0.05, 0.1) is 16.7 Å². The van der Waals surface area contributed by atoms with E-state index in [4.69, 9.17) is 0 Å². The maximum atomic E-state index is 12.6. The third kappa shape index (κ3) is 3.43. The predicted molar refractivity (Wildman–Crippen MR) is 104 cm³/mol. The Kier molecular flexibility index (Phi) is 4.96. The molecule has 146 valence electrons. The molecule has 8 nitrogen and oxygen atoms in total. The normalized spacial score (nSPS) is 16.0. The van der Waals surface area contributed by atoms with Gasteiger partial charge in [-0.05, 0) is 24.3 Å². The van der Waals surface area contributed by atoms with Gasteiger partial charge in [0, 0.05) is 45.3 Å². The molecule has 0 radical (unpaired) electrons. The van der Waals surface area contributed by atoms with Crippen LogP contribution in [0, 0.1) is 11.3 Å². The van der Waals surface area contributed by atoms with E-state index in [1.807, 2.05) is 4.90 Å². The number of amides is 3. The van der Waals surface area contributed by atoms with Crippen molar-refractivity contribution in [1.29, 1.82) is 5.26 Å². The maximum absolute atomic E-state index is 12.6. The predicted octanol–water partition coefficient (Wildman–Crippen LogP) is 1.29. The lowest BCUT2D eigenvalue weighted by atomic mass is 10.1. The number of carbonyl (C=O) groups is 3. The summed E-state index contributed by atoms with van der Waals surface area (Å²) in [6.07, 6.45) is 1.74. The number of nitrogens with zero attached hydrogens (tertiary/aromatic N) is 5. The minimum Gasteiger partial charge on any atom is -0.352 e. The van der Waals surface area contributed by atoms with Gasteiger partial charge in [-0.15, -0.1) is 0 Å². The number of imide groups is 1. The molecule has 8 heteroatoms. The van der Waals surface area contributed by atoms with E-state index in [-0.39, 0.29) is 30.7 Å². The number of benzene rings is 1.